The molecule has 0 saturated heterocycles. The fourth-order valence-electron chi connectivity index (χ4n) is 3.16. The van der Waals surface area contributed by atoms with Gasteiger partial charge in [0, 0.05) is 13.2 Å². The van der Waals surface area contributed by atoms with E-state index in [1.807, 2.05) is 12.5 Å². The normalized spacial score (nSPS) is 11.8. The Morgan fingerprint density at radius 3 is 1.04 bits per heavy atom. The van der Waals surface area contributed by atoms with E-state index in [1.54, 1.807) is 0 Å². The highest BCUT2D eigenvalue weighted by Crippen LogP contribution is 2.11. The molecule has 0 aliphatic rings. The van der Waals surface area contributed by atoms with Gasteiger partial charge in [-0.25, -0.2) is 0 Å². The zero-order valence-corrected chi connectivity index (χ0v) is 17.8. The molecule has 0 unspecified atom stereocenters. The van der Waals surface area contributed by atoms with Gasteiger partial charge in [0.1, 0.15) is 0 Å². The minimum absolute atomic E-state index is 0.344. The minimum Gasteiger partial charge on any atom is -0.473 e. The van der Waals surface area contributed by atoms with Crippen molar-refractivity contribution in [2.45, 2.75) is 116 Å². The first-order valence-electron chi connectivity index (χ1n) is 11.6. The van der Waals surface area contributed by atoms with E-state index >= 15 is 0 Å². The van der Waals surface area contributed by atoms with Gasteiger partial charge in [0.05, 0.1) is 12.5 Å². The number of aliphatic hydroxyl groups is 2. The third kappa shape index (κ3) is 25.2. The fraction of sp³-hybridized carbons (Fsp3) is 0.833. The molecule has 2 N–H and O–H groups in total. The van der Waals surface area contributed by atoms with Crippen LogP contribution in [0.3, 0.4) is 0 Å². The summed E-state index contributed by atoms with van der Waals surface area (Å²) in [5.41, 5.74) is 0. The standard InChI is InChI=1S/C24H46O3/c25-21-17-13-9-5-1-3-7-11-15-19-23-27-24-20-16-12-8-4-2-6-10-14-18-22-26/h19-20,23-26H,1-18,21-22H2. The van der Waals surface area contributed by atoms with Crippen LogP contribution >= 0.6 is 0 Å². The number of ether oxygens (including phenoxy) is 1. The molecule has 0 aromatic rings. The molecule has 0 saturated carbocycles. The lowest BCUT2D eigenvalue weighted by Gasteiger charge is -2.00. The van der Waals surface area contributed by atoms with Gasteiger partial charge in [0.25, 0.3) is 0 Å². The summed E-state index contributed by atoms with van der Waals surface area (Å²) < 4.78 is 5.40. The SMILES string of the molecule is OCCCCCCCCCCC=COC=CCCCCCCCCCCO. The van der Waals surface area contributed by atoms with Gasteiger partial charge in [-0.1, -0.05) is 77.0 Å². The maximum atomic E-state index is 8.71. The summed E-state index contributed by atoms with van der Waals surface area (Å²) in [5.74, 6) is 0. The van der Waals surface area contributed by atoms with E-state index in [1.165, 1.54) is 89.9 Å². The topological polar surface area (TPSA) is 49.7 Å². The van der Waals surface area contributed by atoms with E-state index in [-0.39, 0.29) is 0 Å². The highest BCUT2D eigenvalue weighted by atomic mass is 16.5. The Labute approximate surface area is 168 Å². The second-order valence-corrected chi connectivity index (χ2v) is 7.56. The van der Waals surface area contributed by atoms with Crippen LogP contribution in [-0.4, -0.2) is 23.4 Å². The summed E-state index contributed by atoms with van der Waals surface area (Å²) in [7, 11) is 0. The van der Waals surface area contributed by atoms with E-state index in [2.05, 4.69) is 12.2 Å². The highest BCUT2D eigenvalue weighted by Gasteiger charge is 1.92. The number of hydrogen-bond acceptors (Lipinski definition) is 3. The molecule has 0 bridgehead atoms. The Morgan fingerprint density at radius 2 is 0.704 bits per heavy atom. The Bertz CT molecular complexity index is 283. The van der Waals surface area contributed by atoms with Crippen molar-refractivity contribution in [2.75, 3.05) is 13.2 Å². The van der Waals surface area contributed by atoms with Crippen LogP contribution in [-0.2, 0) is 4.74 Å². The molecule has 160 valence electrons. The summed E-state index contributed by atoms with van der Waals surface area (Å²) in [4.78, 5) is 0. The summed E-state index contributed by atoms with van der Waals surface area (Å²) in [5, 5.41) is 17.4. The summed E-state index contributed by atoms with van der Waals surface area (Å²) >= 11 is 0. The lowest BCUT2D eigenvalue weighted by Crippen LogP contribution is -1.84. The lowest BCUT2D eigenvalue weighted by molar-refractivity contribution is 0.282. The average Bonchev–Trinajstić information content (AvgIpc) is 2.68. The second-order valence-electron chi connectivity index (χ2n) is 7.56. The van der Waals surface area contributed by atoms with E-state index in [0.717, 1.165) is 25.7 Å². The third-order valence-electron chi connectivity index (χ3n) is 4.91. The van der Waals surface area contributed by atoms with Gasteiger partial charge in [0.2, 0.25) is 0 Å². The molecule has 3 nitrogen and oxygen atoms in total. The average molecular weight is 383 g/mol. The van der Waals surface area contributed by atoms with E-state index < -0.39 is 0 Å². The van der Waals surface area contributed by atoms with Crippen LogP contribution in [0.2, 0.25) is 0 Å². The third-order valence-corrected chi connectivity index (χ3v) is 4.91. The zero-order valence-electron chi connectivity index (χ0n) is 17.8. The van der Waals surface area contributed by atoms with Gasteiger partial charge < -0.3 is 14.9 Å². The number of allylic oxidation sites excluding steroid dienone is 2. The van der Waals surface area contributed by atoms with Crippen molar-refractivity contribution in [3.05, 3.63) is 24.7 Å². The number of unbranched alkanes of at least 4 members (excludes halogenated alkanes) is 16. The van der Waals surface area contributed by atoms with E-state index in [9.17, 15) is 0 Å². The molecule has 0 aromatic carbocycles. The molecule has 0 radical (unpaired) electrons. The van der Waals surface area contributed by atoms with Gasteiger partial charge in [0.15, 0.2) is 0 Å². The fourth-order valence-corrected chi connectivity index (χ4v) is 3.16. The summed E-state index contributed by atoms with van der Waals surface area (Å²) in [6.07, 6.45) is 30.0. The van der Waals surface area contributed by atoms with E-state index in [0.29, 0.717) is 13.2 Å². The summed E-state index contributed by atoms with van der Waals surface area (Å²) in [6.45, 7) is 0.688. The van der Waals surface area contributed by atoms with Crippen molar-refractivity contribution >= 4 is 0 Å². The van der Waals surface area contributed by atoms with Crippen LogP contribution in [0, 0.1) is 0 Å². The Hall–Kier alpha value is -0.800. The molecule has 0 heterocycles. The molecule has 3 heteroatoms. The largest absolute Gasteiger partial charge is 0.473 e. The smallest absolute Gasteiger partial charge is 0.0861 e. The Morgan fingerprint density at radius 1 is 0.407 bits per heavy atom. The van der Waals surface area contributed by atoms with Crippen molar-refractivity contribution in [1.29, 1.82) is 0 Å². The van der Waals surface area contributed by atoms with Crippen LogP contribution in [0.5, 0.6) is 0 Å². The first-order chi connectivity index (χ1) is 13.4. The second kappa shape index (κ2) is 25.2. The zero-order chi connectivity index (χ0) is 19.7. The molecule has 0 spiro atoms. The van der Waals surface area contributed by atoms with Gasteiger partial charge in [-0.15, -0.1) is 0 Å². The van der Waals surface area contributed by atoms with Crippen molar-refractivity contribution in [2.24, 2.45) is 0 Å². The van der Waals surface area contributed by atoms with Crippen LogP contribution in [0.15, 0.2) is 24.7 Å². The monoisotopic (exact) mass is 382 g/mol. The molecule has 27 heavy (non-hydrogen) atoms. The van der Waals surface area contributed by atoms with Crippen LogP contribution in [0.4, 0.5) is 0 Å². The Balaban J connectivity index is 3.14. The first kappa shape index (κ1) is 26.2. The van der Waals surface area contributed by atoms with Gasteiger partial charge in [-0.05, 0) is 50.7 Å². The van der Waals surface area contributed by atoms with Crippen molar-refractivity contribution < 1.29 is 14.9 Å². The molecule has 0 fully saturated rings. The number of hydrogen-bond donors (Lipinski definition) is 2. The van der Waals surface area contributed by atoms with Gasteiger partial charge >= 0.3 is 0 Å². The quantitative estimate of drug-likeness (QED) is 0.156. The summed E-state index contributed by atoms with van der Waals surface area (Å²) in [6, 6.07) is 0. The maximum absolute atomic E-state index is 8.71. The van der Waals surface area contributed by atoms with Crippen molar-refractivity contribution in [1.82, 2.24) is 0 Å². The van der Waals surface area contributed by atoms with Crippen molar-refractivity contribution in [3.63, 3.8) is 0 Å². The molecule has 0 rings (SSSR count). The maximum Gasteiger partial charge on any atom is 0.0861 e. The Kier molecular flexibility index (Phi) is 24.5. The highest BCUT2D eigenvalue weighted by molar-refractivity contribution is 4.79. The molecule has 0 amide bonds. The molecule has 0 atom stereocenters. The minimum atomic E-state index is 0.344. The number of rotatable bonds is 22. The van der Waals surface area contributed by atoms with Crippen LogP contribution in [0.25, 0.3) is 0 Å². The molecular weight excluding hydrogens is 336 g/mol. The predicted octanol–water partition coefficient (Wildman–Crippen LogP) is 7.04. The molecule has 0 aromatic heterocycles. The van der Waals surface area contributed by atoms with Crippen LogP contribution < -0.4 is 0 Å². The molecule has 0 aliphatic carbocycles. The first-order valence-corrected chi connectivity index (χ1v) is 11.6. The van der Waals surface area contributed by atoms with Crippen LogP contribution in [0.1, 0.15) is 116 Å². The number of aliphatic hydroxyl groups excluding tert-OH is 2. The predicted molar refractivity (Wildman–Crippen MR) is 117 cm³/mol. The van der Waals surface area contributed by atoms with E-state index in [4.69, 9.17) is 14.9 Å². The molecular formula is C24H46O3. The van der Waals surface area contributed by atoms with Gasteiger partial charge in [-0.3, -0.25) is 0 Å². The van der Waals surface area contributed by atoms with Gasteiger partial charge in [-0.2, -0.15) is 0 Å². The van der Waals surface area contributed by atoms with Crippen molar-refractivity contribution in [3.8, 4) is 0 Å². The lowest BCUT2D eigenvalue weighted by atomic mass is 10.1. The molecule has 0 aliphatic heterocycles.